The van der Waals surface area contributed by atoms with Gasteiger partial charge in [-0.3, -0.25) is 10.1 Å². The zero-order valence-electron chi connectivity index (χ0n) is 10.5. The van der Waals surface area contributed by atoms with Crippen LogP contribution in [0, 0.1) is 0 Å². The predicted octanol–water partition coefficient (Wildman–Crippen LogP) is 3.05. The summed E-state index contributed by atoms with van der Waals surface area (Å²) in [4.78, 5) is 17.4. The van der Waals surface area contributed by atoms with E-state index in [1.807, 2.05) is 18.2 Å². The van der Waals surface area contributed by atoms with Crippen LogP contribution in [-0.2, 0) is 17.9 Å². The van der Waals surface area contributed by atoms with Crippen LogP contribution in [0.5, 0.6) is 0 Å². The number of anilines is 1. The van der Waals surface area contributed by atoms with E-state index in [9.17, 15) is 4.79 Å². The molecular formula is C14H12ClN3OS. The van der Waals surface area contributed by atoms with Gasteiger partial charge < -0.3 is 5.32 Å². The second-order valence-corrected chi connectivity index (χ2v) is 5.83. The van der Waals surface area contributed by atoms with Crippen molar-refractivity contribution < 1.29 is 4.79 Å². The molecule has 4 nitrogen and oxygen atoms in total. The Kier molecular flexibility index (Phi) is 3.82. The quantitative estimate of drug-likeness (QED) is 0.857. The maximum Gasteiger partial charge on any atom is 0.250 e. The molecule has 20 heavy (non-hydrogen) atoms. The molecule has 0 spiro atoms. The lowest BCUT2D eigenvalue weighted by Crippen LogP contribution is -2.08. The smallest absolute Gasteiger partial charge is 0.250 e. The molecule has 102 valence electrons. The van der Waals surface area contributed by atoms with Crippen LogP contribution in [0.3, 0.4) is 0 Å². The zero-order chi connectivity index (χ0) is 13.9. The molecule has 0 fully saturated rings. The topological polar surface area (TPSA) is 54.0 Å². The standard InChI is InChI=1S/C14H12ClN3OS/c15-10-4-2-1-3-9(10)5-6-13(19)18-14-17-11-7-16-8-12(11)20-14/h1-6,16H,7-8H2,(H,17,18,19)/b6-5+. The van der Waals surface area contributed by atoms with Gasteiger partial charge in [0.2, 0.25) is 5.91 Å². The summed E-state index contributed by atoms with van der Waals surface area (Å²) in [6.45, 7) is 1.61. The summed E-state index contributed by atoms with van der Waals surface area (Å²) in [5, 5.41) is 7.24. The van der Waals surface area contributed by atoms with Crippen LogP contribution in [0.1, 0.15) is 16.1 Å². The summed E-state index contributed by atoms with van der Waals surface area (Å²) in [5.41, 5.74) is 1.84. The van der Waals surface area contributed by atoms with Crippen LogP contribution in [0.25, 0.3) is 6.08 Å². The molecule has 2 aromatic rings. The molecule has 0 radical (unpaired) electrons. The first-order valence-corrected chi connectivity index (χ1v) is 7.35. The van der Waals surface area contributed by atoms with Crippen LogP contribution >= 0.6 is 22.9 Å². The maximum atomic E-state index is 11.8. The van der Waals surface area contributed by atoms with Gasteiger partial charge in [0.1, 0.15) is 0 Å². The minimum Gasteiger partial charge on any atom is -0.306 e. The van der Waals surface area contributed by atoms with Gasteiger partial charge in [0.15, 0.2) is 5.13 Å². The van der Waals surface area contributed by atoms with E-state index in [4.69, 9.17) is 11.6 Å². The normalized spacial score (nSPS) is 13.7. The number of rotatable bonds is 3. The van der Waals surface area contributed by atoms with Gasteiger partial charge in [0, 0.05) is 29.1 Å². The third-order valence-electron chi connectivity index (χ3n) is 2.91. The average Bonchev–Trinajstić information content (AvgIpc) is 2.98. The number of aromatic nitrogens is 1. The minimum absolute atomic E-state index is 0.203. The van der Waals surface area contributed by atoms with E-state index in [0.717, 1.165) is 24.3 Å². The fourth-order valence-electron chi connectivity index (χ4n) is 1.93. The Labute approximate surface area is 125 Å². The fourth-order valence-corrected chi connectivity index (χ4v) is 3.08. The van der Waals surface area contributed by atoms with Crippen LogP contribution in [-0.4, -0.2) is 10.9 Å². The average molecular weight is 306 g/mol. The van der Waals surface area contributed by atoms with E-state index < -0.39 is 0 Å². The van der Waals surface area contributed by atoms with Gasteiger partial charge in [-0.05, 0) is 17.7 Å². The van der Waals surface area contributed by atoms with E-state index in [2.05, 4.69) is 15.6 Å². The fraction of sp³-hybridized carbons (Fsp3) is 0.143. The van der Waals surface area contributed by atoms with Crippen LogP contribution in [0.2, 0.25) is 5.02 Å². The molecule has 1 amide bonds. The van der Waals surface area contributed by atoms with Crippen molar-refractivity contribution in [2.45, 2.75) is 13.1 Å². The van der Waals surface area contributed by atoms with Crippen LogP contribution < -0.4 is 10.6 Å². The number of hydrogen-bond donors (Lipinski definition) is 2. The Balaban J connectivity index is 1.66. The van der Waals surface area contributed by atoms with Crippen molar-refractivity contribution in [1.82, 2.24) is 10.3 Å². The highest BCUT2D eigenvalue weighted by molar-refractivity contribution is 7.15. The molecule has 2 N–H and O–H groups in total. The largest absolute Gasteiger partial charge is 0.306 e. The second-order valence-electron chi connectivity index (χ2n) is 4.34. The van der Waals surface area contributed by atoms with Crippen molar-refractivity contribution in [2.75, 3.05) is 5.32 Å². The number of halogens is 1. The summed E-state index contributed by atoms with van der Waals surface area (Å²) in [5.74, 6) is -0.203. The molecule has 0 unspecified atom stereocenters. The van der Waals surface area contributed by atoms with Gasteiger partial charge in [-0.15, -0.1) is 11.3 Å². The molecule has 1 aliphatic heterocycles. The van der Waals surface area contributed by atoms with Crippen molar-refractivity contribution in [2.24, 2.45) is 0 Å². The highest BCUT2D eigenvalue weighted by atomic mass is 35.5. The van der Waals surface area contributed by atoms with E-state index in [-0.39, 0.29) is 5.91 Å². The summed E-state index contributed by atoms with van der Waals surface area (Å²) in [7, 11) is 0. The molecule has 1 aromatic carbocycles. The molecule has 1 aromatic heterocycles. The zero-order valence-corrected chi connectivity index (χ0v) is 12.1. The first-order valence-electron chi connectivity index (χ1n) is 6.15. The third kappa shape index (κ3) is 2.90. The van der Waals surface area contributed by atoms with Crippen molar-refractivity contribution in [3.8, 4) is 0 Å². The molecular weight excluding hydrogens is 294 g/mol. The van der Waals surface area contributed by atoms with Gasteiger partial charge in [-0.1, -0.05) is 29.8 Å². The number of nitrogens with zero attached hydrogens (tertiary/aromatic N) is 1. The highest BCUT2D eigenvalue weighted by Gasteiger charge is 2.16. The Morgan fingerprint density at radius 1 is 1.40 bits per heavy atom. The SMILES string of the molecule is O=C(/C=C/c1ccccc1Cl)Nc1nc2c(s1)CNC2. The van der Waals surface area contributed by atoms with E-state index in [0.29, 0.717) is 10.2 Å². The molecule has 0 bridgehead atoms. The molecule has 3 rings (SSSR count). The Hall–Kier alpha value is -1.69. The molecule has 0 saturated carbocycles. The van der Waals surface area contributed by atoms with Crippen LogP contribution in [0.4, 0.5) is 5.13 Å². The monoisotopic (exact) mass is 305 g/mol. The summed E-state index contributed by atoms with van der Waals surface area (Å²) in [6.07, 6.45) is 3.16. The number of hydrogen-bond acceptors (Lipinski definition) is 4. The maximum absolute atomic E-state index is 11.8. The number of amides is 1. The Morgan fingerprint density at radius 3 is 3.05 bits per heavy atom. The van der Waals surface area contributed by atoms with Crippen molar-refractivity contribution in [1.29, 1.82) is 0 Å². The number of nitrogens with one attached hydrogen (secondary N) is 2. The summed E-state index contributed by atoms with van der Waals surface area (Å²) >= 11 is 7.53. The Bertz CT molecular complexity index is 659. The first kappa shape index (κ1) is 13.3. The molecule has 2 heterocycles. The Morgan fingerprint density at radius 2 is 2.25 bits per heavy atom. The predicted molar refractivity (Wildman–Crippen MR) is 81.8 cm³/mol. The van der Waals surface area contributed by atoms with E-state index in [1.54, 1.807) is 12.1 Å². The van der Waals surface area contributed by atoms with E-state index >= 15 is 0 Å². The minimum atomic E-state index is -0.203. The van der Waals surface area contributed by atoms with Crippen molar-refractivity contribution >= 4 is 40.1 Å². The van der Waals surface area contributed by atoms with Crippen molar-refractivity contribution in [3.63, 3.8) is 0 Å². The molecule has 0 aliphatic carbocycles. The first-order chi connectivity index (χ1) is 9.72. The molecule has 1 aliphatic rings. The number of benzene rings is 1. The highest BCUT2D eigenvalue weighted by Crippen LogP contribution is 2.26. The number of carbonyl (C=O) groups excluding carboxylic acids is 1. The second kappa shape index (κ2) is 5.75. The lowest BCUT2D eigenvalue weighted by molar-refractivity contribution is -0.111. The third-order valence-corrected chi connectivity index (χ3v) is 4.26. The molecule has 6 heteroatoms. The van der Waals surface area contributed by atoms with Gasteiger partial charge in [0.05, 0.1) is 5.69 Å². The van der Waals surface area contributed by atoms with Gasteiger partial charge >= 0.3 is 0 Å². The van der Waals surface area contributed by atoms with Gasteiger partial charge in [-0.2, -0.15) is 0 Å². The number of thiazole rings is 1. The van der Waals surface area contributed by atoms with Gasteiger partial charge in [-0.25, -0.2) is 4.98 Å². The summed E-state index contributed by atoms with van der Waals surface area (Å²) in [6, 6.07) is 7.37. The van der Waals surface area contributed by atoms with E-state index in [1.165, 1.54) is 22.3 Å². The molecule has 0 atom stereocenters. The van der Waals surface area contributed by atoms with Crippen molar-refractivity contribution in [3.05, 3.63) is 51.5 Å². The number of carbonyl (C=O) groups is 1. The lowest BCUT2D eigenvalue weighted by Gasteiger charge is -1.98. The number of fused-ring (bicyclic) bond motifs is 1. The van der Waals surface area contributed by atoms with Crippen LogP contribution in [0.15, 0.2) is 30.3 Å². The molecule has 0 saturated heterocycles. The lowest BCUT2D eigenvalue weighted by atomic mass is 10.2. The summed E-state index contributed by atoms with van der Waals surface area (Å²) < 4.78 is 0. The van der Waals surface area contributed by atoms with Gasteiger partial charge in [0.25, 0.3) is 0 Å².